The van der Waals surface area contributed by atoms with E-state index in [9.17, 15) is 19.8 Å². The normalized spacial score (nSPS) is 20.2. The Labute approximate surface area is 455 Å². The highest BCUT2D eigenvalue weighted by molar-refractivity contribution is 7.13. The number of hydrogen-bond donors (Lipinski definition) is 6. The number of rotatable bonds is 16. The Morgan fingerprint density at radius 3 is 2.29 bits per heavy atom. The quantitative estimate of drug-likeness (QED) is 0.0539. The first-order valence-corrected chi connectivity index (χ1v) is 28.4. The number of nitrogens with two attached hydrogens (primary N) is 2. The van der Waals surface area contributed by atoms with Crippen molar-refractivity contribution in [2.24, 2.45) is 17.6 Å². The zero-order valence-electron chi connectivity index (χ0n) is 45.0. The summed E-state index contributed by atoms with van der Waals surface area (Å²) >= 11 is 1.60. The van der Waals surface area contributed by atoms with Crippen LogP contribution in [-0.4, -0.2) is 128 Å². The van der Waals surface area contributed by atoms with Gasteiger partial charge in [0, 0.05) is 76.3 Å². The number of aromatic nitrogens is 5. The predicted octanol–water partition coefficient (Wildman–Crippen LogP) is 8.00. The third-order valence-corrected chi connectivity index (χ3v) is 17.5. The molecule has 6 aromatic rings. The largest absolute Gasteiger partial charge is 0.507 e. The minimum atomic E-state index is -0.803. The van der Waals surface area contributed by atoms with E-state index in [4.69, 9.17) is 26.1 Å². The number of nitrogens with one attached hydrogen (secondary N) is 2. The molecule has 8 heterocycles. The van der Waals surface area contributed by atoms with Gasteiger partial charge in [-0.1, -0.05) is 61.5 Å². The van der Waals surface area contributed by atoms with Crippen LogP contribution in [-0.2, 0) is 9.59 Å². The van der Waals surface area contributed by atoms with E-state index in [1.165, 1.54) is 10.5 Å². The SMILES string of the molecule is CNc1nn(C2CCN(c3ccc(C4CCN(CC5CCN(c6cc(C(C(=O)N7C[C@H](O)C[C@H]7C(=O)N[C@@H](C)c7ccc(-c8scnc8C)cc7)C(C)C)on6)CC5)CC4)cn3)CC2)c(/C=C(\N)c2ccccc2O)c1N. The number of amides is 2. The van der Waals surface area contributed by atoms with Crippen LogP contribution in [0.25, 0.3) is 22.2 Å². The lowest BCUT2D eigenvalue weighted by Gasteiger charge is -2.38. The molecule has 4 aliphatic heterocycles. The summed E-state index contributed by atoms with van der Waals surface area (Å²) in [6.07, 6.45) is 9.33. The molecule has 77 heavy (non-hydrogen) atoms. The summed E-state index contributed by atoms with van der Waals surface area (Å²) in [5.74, 6) is 2.71. The zero-order chi connectivity index (χ0) is 53.9. The number of benzene rings is 2. The standard InChI is InChI=1S/C58H75N13O5S/c1-35(2)53(58(75)70-33-44(72)28-48(70)57(74)64-36(3)39-10-12-41(13-11-39)55-37(4)63-34-77-55)50-30-52(66-76-50)69-24-16-38(17-25-69)32-67-22-18-40(19-23-67)42-14-15-51(62-31-42)68-26-20-43(21-27-68)71-47(54(60)56(61-5)65-71)29-46(59)45-8-6-7-9-49(45)73/h6-15,29-31,34-36,38,40,43-44,48,53,72-73H,16-28,32-33,59-60H2,1-5H3,(H,61,65)(H,64,74)/b46-29-/t36-,44+,48-,53?/m0/s1. The number of carbonyl (C=O) groups excluding carboxylic acids is 2. The van der Waals surface area contributed by atoms with Gasteiger partial charge in [-0.15, -0.1) is 11.3 Å². The van der Waals surface area contributed by atoms with E-state index in [2.05, 4.69) is 53.8 Å². The topological polar surface area (TPSA) is 233 Å². The molecule has 8 N–H and O–H groups in total. The number of aliphatic hydroxyl groups excluding tert-OH is 1. The smallest absolute Gasteiger partial charge is 0.243 e. The Hall–Kier alpha value is -6.96. The Kier molecular flexibility index (Phi) is 16.2. The van der Waals surface area contributed by atoms with Gasteiger partial charge in [-0.25, -0.2) is 9.97 Å². The van der Waals surface area contributed by atoms with E-state index in [0.29, 0.717) is 40.4 Å². The van der Waals surface area contributed by atoms with Gasteiger partial charge in [0.1, 0.15) is 29.2 Å². The van der Waals surface area contributed by atoms with E-state index < -0.39 is 18.1 Å². The van der Waals surface area contributed by atoms with Gasteiger partial charge in [0.2, 0.25) is 11.8 Å². The molecule has 19 heteroatoms. The van der Waals surface area contributed by atoms with Gasteiger partial charge >= 0.3 is 0 Å². The minimum absolute atomic E-state index is 0.0844. The Bertz CT molecular complexity index is 3000. The molecule has 0 spiro atoms. The average Bonchev–Trinajstić information content (AvgIpc) is 4.26. The van der Waals surface area contributed by atoms with Gasteiger partial charge in [0.25, 0.3) is 0 Å². The van der Waals surface area contributed by atoms with Crippen molar-refractivity contribution in [2.75, 3.05) is 80.3 Å². The van der Waals surface area contributed by atoms with Crippen LogP contribution in [0.4, 0.5) is 23.1 Å². The highest BCUT2D eigenvalue weighted by atomic mass is 32.1. The highest BCUT2D eigenvalue weighted by Gasteiger charge is 2.44. The van der Waals surface area contributed by atoms with Crippen molar-refractivity contribution in [3.63, 3.8) is 0 Å². The molecule has 1 unspecified atom stereocenters. The van der Waals surface area contributed by atoms with Gasteiger partial charge in [-0.2, -0.15) is 5.10 Å². The molecule has 0 saturated carbocycles. The molecule has 0 aliphatic carbocycles. The summed E-state index contributed by atoms with van der Waals surface area (Å²) < 4.78 is 7.94. The molecule has 4 saturated heterocycles. The summed E-state index contributed by atoms with van der Waals surface area (Å²) in [6.45, 7) is 14.6. The minimum Gasteiger partial charge on any atom is -0.507 e. The highest BCUT2D eigenvalue weighted by Crippen LogP contribution is 2.38. The number of anilines is 4. The Morgan fingerprint density at radius 2 is 1.62 bits per heavy atom. The van der Waals surface area contributed by atoms with Gasteiger partial charge in [-0.3, -0.25) is 14.3 Å². The Balaban J connectivity index is 0.673. The molecular weight excluding hydrogens is 991 g/mol. The average molecular weight is 1070 g/mol. The van der Waals surface area contributed by atoms with Gasteiger partial charge in [-0.05, 0) is 124 Å². The third-order valence-electron chi connectivity index (χ3n) is 16.5. The fourth-order valence-electron chi connectivity index (χ4n) is 12.0. The lowest BCUT2D eigenvalue weighted by atomic mass is 9.89. The molecule has 2 aromatic carbocycles. The summed E-state index contributed by atoms with van der Waals surface area (Å²) in [6, 6.07) is 20.5. The van der Waals surface area contributed by atoms with Gasteiger partial charge < -0.3 is 56.4 Å². The van der Waals surface area contributed by atoms with Crippen molar-refractivity contribution in [2.45, 2.75) is 109 Å². The molecule has 4 fully saturated rings. The summed E-state index contributed by atoms with van der Waals surface area (Å²) in [5.41, 5.74) is 21.4. The van der Waals surface area contributed by atoms with Crippen LogP contribution < -0.4 is 31.9 Å². The van der Waals surface area contributed by atoms with Crippen molar-refractivity contribution >= 4 is 58.1 Å². The fraction of sp³-hybridized carbons (Fsp3) is 0.483. The molecular formula is C58H75N13O5S. The number of likely N-dealkylation sites (tertiary alicyclic amines) is 2. The Morgan fingerprint density at radius 1 is 0.909 bits per heavy atom. The number of hydrogen-bond acceptors (Lipinski definition) is 16. The number of piperidine rings is 3. The number of phenols is 1. The van der Waals surface area contributed by atoms with Crippen LogP contribution in [0.5, 0.6) is 5.75 Å². The number of aryl methyl sites for hydroxylation is 1. The molecule has 4 aromatic heterocycles. The molecule has 0 bridgehead atoms. The summed E-state index contributed by atoms with van der Waals surface area (Å²) in [7, 11) is 1.81. The third kappa shape index (κ3) is 11.7. The lowest BCUT2D eigenvalue weighted by Crippen LogP contribution is -2.48. The monoisotopic (exact) mass is 1070 g/mol. The number of aromatic hydroxyl groups is 1. The van der Waals surface area contributed by atoms with E-state index in [1.54, 1.807) is 29.5 Å². The van der Waals surface area contributed by atoms with E-state index in [-0.39, 0.29) is 48.5 Å². The first-order valence-electron chi connectivity index (χ1n) is 27.5. The number of aliphatic hydroxyl groups is 1. The second-order valence-corrected chi connectivity index (χ2v) is 22.8. The number of para-hydroxylation sites is 1. The maximum absolute atomic E-state index is 14.4. The van der Waals surface area contributed by atoms with Crippen LogP contribution in [0.3, 0.4) is 0 Å². The number of phenolic OH excluding ortho intramolecular Hbond substituents is 1. The molecule has 18 nitrogen and oxygen atoms in total. The van der Waals surface area contributed by atoms with Crippen LogP contribution in [0, 0.1) is 18.8 Å². The second kappa shape index (κ2) is 23.3. The molecule has 4 atom stereocenters. The van der Waals surface area contributed by atoms with Crippen molar-refractivity contribution in [1.29, 1.82) is 0 Å². The molecule has 0 radical (unpaired) electrons. The number of pyridine rings is 1. The predicted molar refractivity (Wildman–Crippen MR) is 303 cm³/mol. The van der Waals surface area contributed by atoms with Crippen LogP contribution in [0.1, 0.15) is 123 Å². The van der Waals surface area contributed by atoms with Crippen LogP contribution in [0.15, 0.2) is 83.0 Å². The number of carbonyl (C=O) groups is 2. The first-order chi connectivity index (χ1) is 37.2. The molecule has 2 amide bonds. The van der Waals surface area contributed by atoms with E-state index in [0.717, 1.165) is 123 Å². The fourth-order valence-corrected chi connectivity index (χ4v) is 12.8. The van der Waals surface area contributed by atoms with Crippen LogP contribution in [0.2, 0.25) is 0 Å². The van der Waals surface area contributed by atoms with E-state index in [1.807, 2.05) is 87.4 Å². The van der Waals surface area contributed by atoms with Crippen molar-refractivity contribution in [1.82, 2.24) is 40.0 Å². The van der Waals surface area contributed by atoms with Crippen molar-refractivity contribution < 1.29 is 24.3 Å². The number of β-amino-alcohol motifs (C(OH)–C–C–N with tert-alkyl or cyclic N) is 1. The molecule has 408 valence electrons. The van der Waals surface area contributed by atoms with E-state index >= 15 is 0 Å². The van der Waals surface area contributed by atoms with Crippen molar-refractivity contribution in [3.05, 3.63) is 112 Å². The van der Waals surface area contributed by atoms with Crippen LogP contribution >= 0.6 is 11.3 Å². The van der Waals surface area contributed by atoms with Crippen molar-refractivity contribution in [3.8, 4) is 16.2 Å². The van der Waals surface area contributed by atoms with Gasteiger partial charge in [0.15, 0.2) is 17.4 Å². The maximum atomic E-state index is 14.4. The zero-order valence-corrected chi connectivity index (χ0v) is 45.8. The summed E-state index contributed by atoms with van der Waals surface area (Å²) in [4.78, 5) is 47.5. The second-order valence-electron chi connectivity index (χ2n) is 22.0. The molecule has 10 rings (SSSR count). The first kappa shape index (κ1) is 53.4. The molecule has 4 aliphatic rings. The maximum Gasteiger partial charge on any atom is 0.243 e. The number of nitrogen functional groups attached to an aromatic ring is 1. The summed E-state index contributed by atoms with van der Waals surface area (Å²) in [5, 5.41) is 36.8. The van der Waals surface area contributed by atoms with Gasteiger partial charge in [0.05, 0.1) is 40.0 Å². The number of thiazole rings is 1. The number of nitrogens with zero attached hydrogens (tertiary/aromatic N) is 9. The lowest BCUT2D eigenvalue weighted by molar-refractivity contribution is -0.141.